The fraction of sp³-hybridized carbons (Fsp3) is 0.438. The Hall–Kier alpha value is -1.72. The molecule has 1 atom stereocenters. The van der Waals surface area contributed by atoms with Gasteiger partial charge in [0, 0.05) is 25.2 Å². The summed E-state index contributed by atoms with van der Waals surface area (Å²) >= 11 is 6.27. The fourth-order valence-corrected chi connectivity index (χ4v) is 3.05. The molecule has 1 aliphatic heterocycles. The zero-order valence-corrected chi connectivity index (χ0v) is 13.8. The van der Waals surface area contributed by atoms with Crippen LogP contribution in [0.1, 0.15) is 16.8 Å². The van der Waals surface area contributed by atoms with Gasteiger partial charge >= 0.3 is 0 Å². The van der Waals surface area contributed by atoms with Crippen LogP contribution in [-0.4, -0.2) is 29.5 Å². The van der Waals surface area contributed by atoms with Crippen molar-refractivity contribution in [1.29, 1.82) is 0 Å². The lowest BCUT2D eigenvalue weighted by molar-refractivity contribution is 0.226. The zero-order chi connectivity index (χ0) is 15.7. The van der Waals surface area contributed by atoms with Gasteiger partial charge in [-0.25, -0.2) is 0 Å². The summed E-state index contributed by atoms with van der Waals surface area (Å²) in [6.45, 7) is 3.27. The lowest BCUT2D eigenvalue weighted by Crippen LogP contribution is -2.39. The van der Waals surface area contributed by atoms with Gasteiger partial charge in [0.25, 0.3) is 0 Å². The lowest BCUT2D eigenvalue weighted by atomic mass is 10.0. The van der Waals surface area contributed by atoms with Gasteiger partial charge in [-0.15, -0.1) is 0 Å². The van der Waals surface area contributed by atoms with E-state index in [-0.39, 0.29) is 6.04 Å². The molecule has 2 heterocycles. The number of nitrogens with one attached hydrogen (secondary N) is 1. The molecule has 0 saturated carbocycles. The highest BCUT2D eigenvalue weighted by molar-refractivity contribution is 6.30. The molecule has 5 nitrogen and oxygen atoms in total. The lowest BCUT2D eigenvalue weighted by Gasteiger charge is -2.27. The van der Waals surface area contributed by atoms with Crippen molar-refractivity contribution in [2.75, 3.05) is 13.7 Å². The number of hydrogen-bond acceptors (Lipinski definition) is 4. The molecule has 2 aromatic rings. The highest BCUT2D eigenvalue weighted by Gasteiger charge is 2.23. The summed E-state index contributed by atoms with van der Waals surface area (Å²) in [4.78, 5) is 0. The minimum atomic E-state index is 0.246. The van der Waals surface area contributed by atoms with Gasteiger partial charge in [0.1, 0.15) is 11.8 Å². The molecule has 1 unspecified atom stereocenters. The smallest absolute Gasteiger partial charge is 0.164 e. The molecule has 0 bridgehead atoms. The molecule has 22 heavy (non-hydrogen) atoms. The maximum atomic E-state index is 6.27. The number of fused-ring (bicyclic) bond motifs is 1. The first kappa shape index (κ1) is 15.2. The maximum Gasteiger partial charge on any atom is 0.164 e. The monoisotopic (exact) mass is 321 g/mol. The molecule has 0 radical (unpaired) electrons. The number of methoxy groups -OCH3 is 1. The Morgan fingerprint density at radius 1 is 1.50 bits per heavy atom. The standard InChI is InChI=1S/C16H20ClN3O2/c1-10-13(16(17)20(2)19-10)8-18-12-7-11-5-4-6-14(21-3)15(11)22-9-12/h4-6,12,18H,7-9H2,1-3H3. The number of aryl methyl sites for hydroxylation is 2. The van der Waals surface area contributed by atoms with E-state index in [1.807, 2.05) is 26.1 Å². The van der Waals surface area contributed by atoms with E-state index in [0.717, 1.165) is 34.7 Å². The highest BCUT2D eigenvalue weighted by atomic mass is 35.5. The fourth-order valence-electron chi connectivity index (χ4n) is 2.81. The summed E-state index contributed by atoms with van der Waals surface area (Å²) < 4.78 is 12.9. The number of ether oxygens (including phenoxy) is 2. The van der Waals surface area contributed by atoms with Crippen LogP contribution < -0.4 is 14.8 Å². The van der Waals surface area contributed by atoms with Crippen molar-refractivity contribution in [2.24, 2.45) is 7.05 Å². The van der Waals surface area contributed by atoms with Gasteiger partial charge in [0.15, 0.2) is 11.5 Å². The minimum absolute atomic E-state index is 0.246. The van der Waals surface area contributed by atoms with Crippen molar-refractivity contribution >= 4 is 11.6 Å². The van der Waals surface area contributed by atoms with Crippen LogP contribution in [0.15, 0.2) is 18.2 Å². The molecule has 6 heteroatoms. The van der Waals surface area contributed by atoms with Crippen molar-refractivity contribution in [3.05, 3.63) is 40.2 Å². The topological polar surface area (TPSA) is 48.3 Å². The number of benzene rings is 1. The van der Waals surface area contributed by atoms with Crippen molar-refractivity contribution in [2.45, 2.75) is 25.9 Å². The Labute approximate surface area is 135 Å². The molecular formula is C16H20ClN3O2. The highest BCUT2D eigenvalue weighted by Crippen LogP contribution is 2.34. The van der Waals surface area contributed by atoms with Crippen LogP contribution >= 0.6 is 11.6 Å². The number of halogens is 1. The molecule has 0 saturated heterocycles. The van der Waals surface area contributed by atoms with Gasteiger partial charge < -0.3 is 14.8 Å². The van der Waals surface area contributed by atoms with Crippen molar-refractivity contribution in [3.8, 4) is 11.5 Å². The average Bonchev–Trinajstić information content (AvgIpc) is 2.77. The number of nitrogens with zero attached hydrogens (tertiary/aromatic N) is 2. The van der Waals surface area contributed by atoms with Crippen LogP contribution in [0.5, 0.6) is 11.5 Å². The predicted molar refractivity (Wildman–Crippen MR) is 85.8 cm³/mol. The SMILES string of the molecule is COc1cccc2c1OCC(NCc1c(C)nn(C)c1Cl)C2. The van der Waals surface area contributed by atoms with E-state index in [1.54, 1.807) is 11.8 Å². The molecule has 3 rings (SSSR count). The van der Waals surface area contributed by atoms with Crippen LogP contribution in [0.2, 0.25) is 5.15 Å². The summed E-state index contributed by atoms with van der Waals surface area (Å²) in [6.07, 6.45) is 0.906. The van der Waals surface area contributed by atoms with Gasteiger partial charge in [-0.05, 0) is 25.0 Å². The van der Waals surface area contributed by atoms with Gasteiger partial charge in [-0.2, -0.15) is 5.10 Å². The second-order valence-corrected chi connectivity index (χ2v) is 5.88. The number of aromatic nitrogens is 2. The molecular weight excluding hydrogens is 302 g/mol. The van der Waals surface area contributed by atoms with Crippen molar-refractivity contribution < 1.29 is 9.47 Å². The van der Waals surface area contributed by atoms with E-state index in [0.29, 0.717) is 18.3 Å². The van der Waals surface area contributed by atoms with Crippen LogP contribution in [0.4, 0.5) is 0 Å². The van der Waals surface area contributed by atoms with Gasteiger partial charge in [-0.1, -0.05) is 23.7 Å². The summed E-state index contributed by atoms with van der Waals surface area (Å²) in [7, 11) is 3.52. The Bertz CT molecular complexity index is 684. The second-order valence-electron chi connectivity index (χ2n) is 5.52. The molecule has 1 aromatic carbocycles. The predicted octanol–water partition coefficient (Wildman–Crippen LogP) is 2.48. The number of hydrogen-bond donors (Lipinski definition) is 1. The van der Waals surface area contributed by atoms with E-state index >= 15 is 0 Å². The third kappa shape index (κ3) is 2.78. The molecule has 0 amide bonds. The Balaban J connectivity index is 1.68. The van der Waals surface area contributed by atoms with Crippen LogP contribution in [0.25, 0.3) is 0 Å². The van der Waals surface area contributed by atoms with Crippen LogP contribution in [0, 0.1) is 6.92 Å². The molecule has 1 aliphatic rings. The molecule has 118 valence electrons. The van der Waals surface area contributed by atoms with Gasteiger partial charge in [-0.3, -0.25) is 4.68 Å². The molecule has 1 N–H and O–H groups in total. The largest absolute Gasteiger partial charge is 0.493 e. The first-order valence-corrected chi connectivity index (χ1v) is 7.68. The number of para-hydroxylation sites is 1. The number of rotatable bonds is 4. The van der Waals surface area contributed by atoms with E-state index in [9.17, 15) is 0 Å². The summed E-state index contributed by atoms with van der Waals surface area (Å²) in [6, 6.07) is 6.24. The molecule has 0 aliphatic carbocycles. The summed E-state index contributed by atoms with van der Waals surface area (Å²) in [5.41, 5.74) is 3.16. The Morgan fingerprint density at radius 3 is 3.00 bits per heavy atom. The zero-order valence-electron chi connectivity index (χ0n) is 13.0. The molecule has 0 fully saturated rings. The van der Waals surface area contributed by atoms with E-state index < -0.39 is 0 Å². The Morgan fingerprint density at radius 2 is 2.32 bits per heavy atom. The first-order valence-electron chi connectivity index (χ1n) is 7.30. The van der Waals surface area contributed by atoms with Crippen LogP contribution in [0.3, 0.4) is 0 Å². The first-order chi connectivity index (χ1) is 10.6. The normalized spacial score (nSPS) is 17.0. The van der Waals surface area contributed by atoms with Gasteiger partial charge in [0.2, 0.25) is 0 Å². The molecule has 1 aromatic heterocycles. The summed E-state index contributed by atoms with van der Waals surface area (Å²) in [5.74, 6) is 1.65. The second kappa shape index (κ2) is 6.18. The van der Waals surface area contributed by atoms with Crippen molar-refractivity contribution in [3.63, 3.8) is 0 Å². The molecule has 0 spiro atoms. The van der Waals surface area contributed by atoms with E-state index in [1.165, 1.54) is 0 Å². The maximum absolute atomic E-state index is 6.27. The van der Waals surface area contributed by atoms with Crippen LogP contribution in [-0.2, 0) is 20.0 Å². The summed E-state index contributed by atoms with van der Waals surface area (Å²) in [5, 5.41) is 8.52. The van der Waals surface area contributed by atoms with Crippen molar-refractivity contribution in [1.82, 2.24) is 15.1 Å². The average molecular weight is 322 g/mol. The minimum Gasteiger partial charge on any atom is -0.493 e. The van der Waals surface area contributed by atoms with E-state index in [2.05, 4.69) is 16.5 Å². The van der Waals surface area contributed by atoms with E-state index in [4.69, 9.17) is 21.1 Å². The third-order valence-corrected chi connectivity index (χ3v) is 4.49. The quantitative estimate of drug-likeness (QED) is 0.940. The van der Waals surface area contributed by atoms with Gasteiger partial charge in [0.05, 0.1) is 12.8 Å². The Kier molecular flexibility index (Phi) is 4.27. The third-order valence-electron chi connectivity index (χ3n) is 4.01.